The fourth-order valence-corrected chi connectivity index (χ4v) is 4.07. The minimum Gasteiger partial charge on any atom is -0.360 e. The summed E-state index contributed by atoms with van der Waals surface area (Å²) in [5.74, 6) is -0.447. The van der Waals surface area contributed by atoms with Crippen molar-refractivity contribution in [3.05, 3.63) is 70.0 Å². The van der Waals surface area contributed by atoms with E-state index < -0.39 is 21.4 Å². The van der Waals surface area contributed by atoms with Gasteiger partial charge in [-0.15, -0.1) is 0 Å². The van der Waals surface area contributed by atoms with Gasteiger partial charge in [0.15, 0.2) is 0 Å². The Kier molecular flexibility index (Phi) is 4.43. The Morgan fingerprint density at radius 1 is 1.14 bits per heavy atom. The van der Waals surface area contributed by atoms with Gasteiger partial charge in [-0.25, -0.2) is 8.42 Å². The summed E-state index contributed by atoms with van der Waals surface area (Å²) in [6.07, 6.45) is 3.18. The maximum Gasteiger partial charge on any atom is 0.261 e. The van der Waals surface area contributed by atoms with Gasteiger partial charge in [0.2, 0.25) is 5.43 Å². The summed E-state index contributed by atoms with van der Waals surface area (Å²) in [5.41, 5.74) is 1.18. The zero-order valence-corrected chi connectivity index (χ0v) is 16.0. The van der Waals surface area contributed by atoms with Gasteiger partial charge in [-0.05, 0) is 49.6 Å². The van der Waals surface area contributed by atoms with Gasteiger partial charge in [0.25, 0.3) is 15.9 Å². The Morgan fingerprint density at radius 2 is 1.89 bits per heavy atom. The molecule has 0 spiro atoms. The highest BCUT2D eigenvalue weighted by molar-refractivity contribution is 7.92. The maximum atomic E-state index is 12.8. The molecule has 28 heavy (non-hydrogen) atoms. The summed E-state index contributed by atoms with van der Waals surface area (Å²) in [6.45, 7) is 1.80. The first-order valence-electron chi connectivity index (χ1n) is 8.90. The van der Waals surface area contributed by atoms with E-state index in [1.54, 1.807) is 25.1 Å². The highest BCUT2D eigenvalue weighted by Crippen LogP contribution is 2.22. The second-order valence-electron chi connectivity index (χ2n) is 6.91. The van der Waals surface area contributed by atoms with Gasteiger partial charge in [-0.3, -0.25) is 14.3 Å². The van der Waals surface area contributed by atoms with Crippen LogP contribution in [0.5, 0.6) is 0 Å². The molecule has 3 aromatic rings. The van der Waals surface area contributed by atoms with Crippen LogP contribution in [0.25, 0.3) is 10.9 Å². The third-order valence-corrected chi connectivity index (χ3v) is 6.07. The van der Waals surface area contributed by atoms with E-state index in [0.29, 0.717) is 11.2 Å². The highest BCUT2D eigenvalue weighted by atomic mass is 32.2. The fourth-order valence-electron chi connectivity index (χ4n) is 2.92. The number of aromatic amines is 1. The number of aromatic nitrogens is 1. The lowest BCUT2D eigenvalue weighted by molar-refractivity contribution is 0.0950. The van der Waals surface area contributed by atoms with Gasteiger partial charge >= 0.3 is 0 Å². The molecular formula is C20H19N3O4S. The van der Waals surface area contributed by atoms with E-state index in [4.69, 9.17) is 0 Å². The summed E-state index contributed by atoms with van der Waals surface area (Å²) < 4.78 is 28.1. The van der Waals surface area contributed by atoms with Crippen LogP contribution in [0, 0.1) is 6.92 Å². The number of carbonyl (C=O) groups is 1. The van der Waals surface area contributed by atoms with E-state index in [1.807, 2.05) is 6.07 Å². The lowest BCUT2D eigenvalue weighted by Gasteiger charge is -2.11. The number of rotatable bonds is 5. The molecule has 1 fully saturated rings. The predicted octanol–water partition coefficient (Wildman–Crippen LogP) is 2.53. The van der Waals surface area contributed by atoms with E-state index in [-0.39, 0.29) is 21.9 Å². The second kappa shape index (κ2) is 6.79. The minimum atomic E-state index is -3.89. The van der Waals surface area contributed by atoms with Crippen molar-refractivity contribution in [1.82, 2.24) is 10.3 Å². The molecule has 2 aromatic carbocycles. The zero-order valence-electron chi connectivity index (χ0n) is 15.2. The molecule has 0 saturated heterocycles. The first-order valence-corrected chi connectivity index (χ1v) is 10.4. The first-order chi connectivity index (χ1) is 13.3. The molecule has 1 aliphatic carbocycles. The molecular weight excluding hydrogens is 378 g/mol. The molecule has 1 saturated carbocycles. The van der Waals surface area contributed by atoms with E-state index in [0.717, 1.165) is 18.4 Å². The molecule has 8 heteroatoms. The molecule has 0 aliphatic heterocycles. The molecule has 3 N–H and O–H groups in total. The number of benzene rings is 2. The largest absolute Gasteiger partial charge is 0.360 e. The van der Waals surface area contributed by atoms with Crippen LogP contribution in [0.1, 0.15) is 28.8 Å². The van der Waals surface area contributed by atoms with Crippen molar-refractivity contribution in [1.29, 1.82) is 0 Å². The van der Waals surface area contributed by atoms with Crippen molar-refractivity contribution >= 4 is 32.5 Å². The van der Waals surface area contributed by atoms with Gasteiger partial charge in [0.05, 0.1) is 10.6 Å². The Balaban J connectivity index is 1.73. The number of nitrogens with one attached hydrogen (secondary N) is 3. The van der Waals surface area contributed by atoms with Crippen molar-refractivity contribution < 1.29 is 13.2 Å². The monoisotopic (exact) mass is 397 g/mol. The van der Waals surface area contributed by atoms with Crippen molar-refractivity contribution in [3.8, 4) is 0 Å². The summed E-state index contributed by atoms with van der Waals surface area (Å²) in [5, 5.41) is 2.92. The van der Waals surface area contributed by atoms with Crippen molar-refractivity contribution in [2.75, 3.05) is 4.72 Å². The SMILES string of the molecule is Cc1ccccc1NS(=O)(=O)c1ccc2[nH]cc(C(=O)NC3CC3)c(=O)c2c1. The summed E-state index contributed by atoms with van der Waals surface area (Å²) in [7, 11) is -3.89. The average Bonchev–Trinajstić information content (AvgIpc) is 3.47. The van der Waals surface area contributed by atoms with Crippen LogP contribution in [-0.4, -0.2) is 25.4 Å². The van der Waals surface area contributed by atoms with Crippen LogP contribution in [-0.2, 0) is 10.0 Å². The third kappa shape index (κ3) is 3.50. The molecule has 4 rings (SSSR count). The lowest BCUT2D eigenvalue weighted by atomic mass is 10.1. The molecule has 1 heterocycles. The van der Waals surface area contributed by atoms with Crippen molar-refractivity contribution in [2.45, 2.75) is 30.7 Å². The number of sulfonamides is 1. The van der Waals surface area contributed by atoms with Crippen molar-refractivity contribution in [3.63, 3.8) is 0 Å². The minimum absolute atomic E-state index is 0.0270. The van der Waals surface area contributed by atoms with E-state index in [2.05, 4.69) is 15.0 Å². The van der Waals surface area contributed by atoms with Crippen LogP contribution >= 0.6 is 0 Å². The number of hydrogen-bond donors (Lipinski definition) is 3. The van der Waals surface area contributed by atoms with E-state index >= 15 is 0 Å². The number of pyridine rings is 1. The van der Waals surface area contributed by atoms with Gasteiger partial charge in [0, 0.05) is 23.1 Å². The number of H-pyrrole nitrogens is 1. The Hall–Kier alpha value is -3.13. The number of anilines is 1. The molecule has 1 aliphatic rings. The number of para-hydroxylation sites is 1. The Labute approximate surface area is 161 Å². The first kappa shape index (κ1) is 18.2. The normalized spacial score (nSPS) is 14.0. The van der Waals surface area contributed by atoms with E-state index in [1.165, 1.54) is 24.4 Å². The number of fused-ring (bicyclic) bond motifs is 1. The standard InChI is InChI=1S/C20H19N3O4S/c1-12-4-2-3-5-17(12)23-28(26,27)14-8-9-18-15(10-14)19(24)16(11-21-18)20(25)22-13-6-7-13/h2-5,8-11,13,23H,6-7H2,1H3,(H,21,24)(H,22,25). The van der Waals surface area contributed by atoms with Crippen LogP contribution in [0.15, 0.2) is 58.4 Å². The summed E-state index contributed by atoms with van der Waals surface area (Å²) in [4.78, 5) is 27.9. The number of aryl methyl sites for hydroxylation is 1. The molecule has 1 aromatic heterocycles. The maximum absolute atomic E-state index is 12.8. The molecule has 144 valence electrons. The smallest absolute Gasteiger partial charge is 0.261 e. The average molecular weight is 397 g/mol. The molecule has 7 nitrogen and oxygen atoms in total. The molecule has 1 amide bonds. The van der Waals surface area contributed by atoms with Crippen molar-refractivity contribution in [2.24, 2.45) is 0 Å². The van der Waals surface area contributed by atoms with Gasteiger partial charge in [0.1, 0.15) is 5.56 Å². The second-order valence-corrected chi connectivity index (χ2v) is 8.59. The molecule has 0 atom stereocenters. The van der Waals surface area contributed by atoms with Crippen LogP contribution in [0.3, 0.4) is 0 Å². The predicted molar refractivity (Wildman–Crippen MR) is 107 cm³/mol. The number of hydrogen-bond acceptors (Lipinski definition) is 4. The zero-order chi connectivity index (χ0) is 19.9. The fraction of sp³-hybridized carbons (Fsp3) is 0.200. The summed E-state index contributed by atoms with van der Waals surface area (Å²) in [6, 6.07) is 11.4. The molecule has 0 unspecified atom stereocenters. The van der Waals surface area contributed by atoms with E-state index in [9.17, 15) is 18.0 Å². The highest BCUT2D eigenvalue weighted by Gasteiger charge is 2.25. The molecule has 0 radical (unpaired) electrons. The topological polar surface area (TPSA) is 108 Å². The van der Waals surface area contributed by atoms with Gasteiger partial charge < -0.3 is 10.3 Å². The number of amides is 1. The molecule has 0 bridgehead atoms. The van der Waals surface area contributed by atoms with Crippen LogP contribution in [0.4, 0.5) is 5.69 Å². The third-order valence-electron chi connectivity index (χ3n) is 4.71. The Morgan fingerprint density at radius 3 is 2.61 bits per heavy atom. The van der Waals surface area contributed by atoms with Gasteiger partial charge in [-0.1, -0.05) is 18.2 Å². The van der Waals surface area contributed by atoms with Gasteiger partial charge in [-0.2, -0.15) is 0 Å². The quantitative estimate of drug-likeness (QED) is 0.615. The van der Waals surface area contributed by atoms with Crippen LogP contribution < -0.4 is 15.5 Å². The van der Waals surface area contributed by atoms with Crippen LogP contribution in [0.2, 0.25) is 0 Å². The number of carbonyl (C=O) groups excluding carboxylic acids is 1. The summed E-state index contributed by atoms with van der Waals surface area (Å²) >= 11 is 0. The lowest BCUT2D eigenvalue weighted by Crippen LogP contribution is -2.30. The Bertz CT molecular complexity index is 1240.